The summed E-state index contributed by atoms with van der Waals surface area (Å²) < 4.78 is 10.2. The summed E-state index contributed by atoms with van der Waals surface area (Å²) in [4.78, 5) is 11.3. The van der Waals surface area contributed by atoms with Gasteiger partial charge in [-0.2, -0.15) is 0 Å². The second-order valence-corrected chi connectivity index (χ2v) is 6.74. The maximum atomic E-state index is 11.3. The Kier molecular flexibility index (Phi) is 3.56. The van der Waals surface area contributed by atoms with Crippen molar-refractivity contribution in [2.45, 2.75) is 53.6 Å². The molecule has 0 amide bonds. The van der Waals surface area contributed by atoms with Crippen LogP contribution >= 0.6 is 0 Å². The van der Waals surface area contributed by atoms with Crippen molar-refractivity contribution in [3.63, 3.8) is 0 Å². The van der Waals surface area contributed by atoms with Gasteiger partial charge in [-0.15, -0.1) is 0 Å². The molecule has 94 valence electrons. The molecule has 0 spiro atoms. The standard InChI is InChI=1S/C13H24O3/c1-12(2,3)10-7-9(10)8-15-11(14)16-13(4,5)6/h9-10H,7-8H2,1-6H3/t9-,10-/m0/s1. The fraction of sp³-hybridized carbons (Fsp3) is 0.923. The van der Waals surface area contributed by atoms with Crippen molar-refractivity contribution in [2.24, 2.45) is 17.3 Å². The minimum Gasteiger partial charge on any atom is -0.434 e. The van der Waals surface area contributed by atoms with Crippen molar-refractivity contribution in [3.8, 4) is 0 Å². The lowest BCUT2D eigenvalue weighted by Gasteiger charge is -2.20. The Labute approximate surface area is 98.5 Å². The molecule has 3 nitrogen and oxygen atoms in total. The number of carbonyl (C=O) groups excluding carboxylic acids is 1. The van der Waals surface area contributed by atoms with E-state index in [9.17, 15) is 4.79 Å². The molecular weight excluding hydrogens is 204 g/mol. The number of rotatable bonds is 2. The van der Waals surface area contributed by atoms with Gasteiger partial charge in [-0.05, 0) is 44.4 Å². The van der Waals surface area contributed by atoms with Crippen LogP contribution in [0.4, 0.5) is 4.79 Å². The lowest BCUT2D eigenvalue weighted by Crippen LogP contribution is -2.25. The summed E-state index contributed by atoms with van der Waals surface area (Å²) in [6.45, 7) is 12.7. The third-order valence-corrected chi connectivity index (χ3v) is 2.84. The van der Waals surface area contributed by atoms with Gasteiger partial charge >= 0.3 is 6.16 Å². The van der Waals surface area contributed by atoms with E-state index < -0.39 is 11.8 Å². The average Bonchev–Trinajstić information content (AvgIpc) is 2.74. The molecule has 0 saturated heterocycles. The summed E-state index contributed by atoms with van der Waals surface area (Å²) >= 11 is 0. The molecule has 1 fully saturated rings. The highest BCUT2D eigenvalue weighted by Gasteiger charge is 2.45. The van der Waals surface area contributed by atoms with Gasteiger partial charge in [0.25, 0.3) is 0 Å². The van der Waals surface area contributed by atoms with Crippen molar-refractivity contribution in [3.05, 3.63) is 0 Å². The molecule has 0 bridgehead atoms. The molecule has 0 N–H and O–H groups in total. The monoisotopic (exact) mass is 228 g/mol. The molecule has 0 aliphatic heterocycles. The summed E-state index contributed by atoms with van der Waals surface area (Å²) in [6, 6.07) is 0. The van der Waals surface area contributed by atoms with Gasteiger partial charge in [0, 0.05) is 0 Å². The smallest absolute Gasteiger partial charge is 0.434 e. The van der Waals surface area contributed by atoms with E-state index in [0.29, 0.717) is 23.9 Å². The van der Waals surface area contributed by atoms with Crippen LogP contribution in [0.2, 0.25) is 0 Å². The molecule has 0 aromatic rings. The second kappa shape index (κ2) is 4.27. The Balaban J connectivity index is 2.21. The largest absolute Gasteiger partial charge is 0.508 e. The van der Waals surface area contributed by atoms with E-state index >= 15 is 0 Å². The highest BCUT2D eigenvalue weighted by Crippen LogP contribution is 2.50. The first-order valence-corrected chi connectivity index (χ1v) is 5.95. The second-order valence-electron chi connectivity index (χ2n) is 6.74. The molecule has 0 unspecified atom stereocenters. The molecule has 16 heavy (non-hydrogen) atoms. The zero-order valence-electron chi connectivity index (χ0n) is 11.3. The van der Waals surface area contributed by atoms with E-state index in [-0.39, 0.29) is 0 Å². The minimum absolute atomic E-state index is 0.321. The molecule has 0 aromatic heterocycles. The van der Waals surface area contributed by atoms with Crippen LogP contribution in [0, 0.1) is 17.3 Å². The summed E-state index contributed by atoms with van der Waals surface area (Å²) in [6.07, 6.45) is 0.610. The average molecular weight is 228 g/mol. The molecule has 1 aliphatic rings. The van der Waals surface area contributed by atoms with Crippen LogP contribution in [-0.2, 0) is 9.47 Å². The lowest BCUT2D eigenvalue weighted by atomic mass is 9.89. The van der Waals surface area contributed by atoms with Crippen LogP contribution in [-0.4, -0.2) is 18.4 Å². The van der Waals surface area contributed by atoms with Crippen LogP contribution in [0.1, 0.15) is 48.0 Å². The normalized spacial score (nSPS) is 25.1. The van der Waals surface area contributed by atoms with Crippen LogP contribution in [0.5, 0.6) is 0 Å². The Bertz CT molecular complexity index is 257. The van der Waals surface area contributed by atoms with E-state index in [1.165, 1.54) is 0 Å². The third-order valence-electron chi connectivity index (χ3n) is 2.84. The van der Waals surface area contributed by atoms with Gasteiger partial charge in [-0.25, -0.2) is 4.79 Å². The fourth-order valence-electron chi connectivity index (χ4n) is 1.95. The number of ether oxygens (including phenoxy) is 2. The first-order valence-electron chi connectivity index (χ1n) is 5.95. The predicted octanol–water partition coefficient (Wildman–Crippen LogP) is 3.62. The zero-order chi connectivity index (χ0) is 12.6. The van der Waals surface area contributed by atoms with Gasteiger partial charge in [0.15, 0.2) is 0 Å². The molecule has 0 radical (unpaired) electrons. The number of hydrogen-bond acceptors (Lipinski definition) is 3. The quantitative estimate of drug-likeness (QED) is 0.677. The van der Waals surface area contributed by atoms with Gasteiger partial charge < -0.3 is 9.47 Å². The molecule has 1 saturated carbocycles. The topological polar surface area (TPSA) is 35.5 Å². The lowest BCUT2D eigenvalue weighted by molar-refractivity contribution is -0.0101. The molecule has 0 heterocycles. The van der Waals surface area contributed by atoms with Crippen LogP contribution in [0.3, 0.4) is 0 Å². The van der Waals surface area contributed by atoms with Gasteiger partial charge in [-0.1, -0.05) is 20.8 Å². The highest BCUT2D eigenvalue weighted by atomic mass is 16.7. The Morgan fingerprint density at radius 1 is 1.19 bits per heavy atom. The maximum Gasteiger partial charge on any atom is 0.508 e. The molecule has 1 rings (SSSR count). The first-order chi connectivity index (χ1) is 7.09. The summed E-state index contributed by atoms with van der Waals surface area (Å²) in [5.74, 6) is 1.20. The van der Waals surface area contributed by atoms with Gasteiger partial charge in [0.1, 0.15) is 5.60 Å². The molecule has 2 atom stereocenters. The maximum absolute atomic E-state index is 11.3. The Morgan fingerprint density at radius 3 is 2.12 bits per heavy atom. The van der Waals surface area contributed by atoms with Crippen molar-refractivity contribution in [1.82, 2.24) is 0 Å². The van der Waals surface area contributed by atoms with Gasteiger partial charge in [0.2, 0.25) is 0 Å². The molecule has 1 aliphatic carbocycles. The van der Waals surface area contributed by atoms with Gasteiger partial charge in [-0.3, -0.25) is 0 Å². The van der Waals surface area contributed by atoms with Crippen LogP contribution < -0.4 is 0 Å². The predicted molar refractivity (Wildman–Crippen MR) is 63.2 cm³/mol. The number of hydrogen-bond donors (Lipinski definition) is 0. The van der Waals surface area contributed by atoms with E-state index in [4.69, 9.17) is 9.47 Å². The molecular formula is C13H24O3. The number of carbonyl (C=O) groups is 1. The minimum atomic E-state index is -0.549. The highest BCUT2D eigenvalue weighted by molar-refractivity contribution is 5.60. The van der Waals surface area contributed by atoms with Crippen molar-refractivity contribution in [2.75, 3.05) is 6.61 Å². The SMILES string of the molecule is CC(C)(C)OC(=O)OC[C@@H]1C[C@@H]1C(C)(C)C. The summed E-state index contributed by atoms with van der Waals surface area (Å²) in [7, 11) is 0. The molecule has 3 heteroatoms. The van der Waals surface area contributed by atoms with E-state index in [2.05, 4.69) is 20.8 Å². The van der Waals surface area contributed by atoms with Crippen molar-refractivity contribution < 1.29 is 14.3 Å². The van der Waals surface area contributed by atoms with Gasteiger partial charge in [0.05, 0.1) is 6.61 Å². The third kappa shape index (κ3) is 4.42. The van der Waals surface area contributed by atoms with Crippen molar-refractivity contribution in [1.29, 1.82) is 0 Å². The van der Waals surface area contributed by atoms with E-state index in [0.717, 1.165) is 6.42 Å². The van der Waals surface area contributed by atoms with E-state index in [1.807, 2.05) is 20.8 Å². The summed E-state index contributed by atoms with van der Waals surface area (Å²) in [5, 5.41) is 0. The van der Waals surface area contributed by atoms with E-state index in [1.54, 1.807) is 0 Å². The zero-order valence-corrected chi connectivity index (χ0v) is 11.3. The molecule has 0 aromatic carbocycles. The fourth-order valence-corrected chi connectivity index (χ4v) is 1.95. The van der Waals surface area contributed by atoms with Crippen molar-refractivity contribution >= 4 is 6.16 Å². The Hall–Kier alpha value is -0.730. The van der Waals surface area contributed by atoms with Crippen LogP contribution in [0.15, 0.2) is 0 Å². The Morgan fingerprint density at radius 2 is 1.75 bits per heavy atom. The summed E-state index contributed by atoms with van der Waals surface area (Å²) in [5.41, 5.74) is -0.147. The first kappa shape index (κ1) is 13.3. The van der Waals surface area contributed by atoms with Crippen LogP contribution in [0.25, 0.3) is 0 Å².